The number of primary amides is 1. The van der Waals surface area contributed by atoms with Gasteiger partial charge in [0.1, 0.15) is 0 Å². The summed E-state index contributed by atoms with van der Waals surface area (Å²) in [6.45, 7) is 2.34. The monoisotopic (exact) mass is 287 g/mol. The van der Waals surface area contributed by atoms with Crippen molar-refractivity contribution < 1.29 is 14.4 Å². The second-order valence-corrected chi connectivity index (χ2v) is 5.62. The molecule has 6 nitrogen and oxygen atoms in total. The number of amides is 3. The second kappa shape index (κ2) is 5.29. The van der Waals surface area contributed by atoms with Gasteiger partial charge in [0.15, 0.2) is 0 Å². The van der Waals surface area contributed by atoms with Gasteiger partial charge in [-0.3, -0.25) is 24.6 Å². The van der Waals surface area contributed by atoms with Crippen molar-refractivity contribution in [1.29, 1.82) is 0 Å². The molecule has 2 aliphatic heterocycles. The van der Waals surface area contributed by atoms with E-state index in [-0.39, 0.29) is 23.6 Å². The van der Waals surface area contributed by atoms with Gasteiger partial charge < -0.3 is 5.73 Å². The summed E-state index contributed by atoms with van der Waals surface area (Å²) >= 11 is 0. The number of rotatable bonds is 3. The normalized spacial score (nSPS) is 19.4. The number of hydrogen-bond donors (Lipinski definition) is 2. The number of likely N-dealkylation sites (tertiary alicyclic amines) is 1. The molecule has 110 valence electrons. The van der Waals surface area contributed by atoms with Gasteiger partial charge in [-0.2, -0.15) is 0 Å². The number of imide groups is 1. The minimum absolute atomic E-state index is 0.0235. The molecular formula is C15H17N3O3. The van der Waals surface area contributed by atoms with Crippen molar-refractivity contribution in [3.8, 4) is 0 Å². The average Bonchev–Trinajstić information content (AvgIpc) is 2.74. The highest BCUT2D eigenvalue weighted by molar-refractivity contribution is 6.21. The van der Waals surface area contributed by atoms with Gasteiger partial charge in [-0.25, -0.2) is 0 Å². The molecule has 0 saturated carbocycles. The molecule has 1 saturated heterocycles. The van der Waals surface area contributed by atoms with Crippen molar-refractivity contribution in [3.05, 3.63) is 34.9 Å². The van der Waals surface area contributed by atoms with Gasteiger partial charge >= 0.3 is 0 Å². The van der Waals surface area contributed by atoms with Gasteiger partial charge in [-0.1, -0.05) is 6.07 Å². The standard InChI is InChI=1S/C15H17N3O3/c16-13(19)10-3-5-18(6-4-10)8-9-1-2-11-12(7-9)15(21)17-14(11)20/h1-2,7,10H,3-6,8H2,(H2,16,19)(H,17,20,21). The fraction of sp³-hybridized carbons (Fsp3) is 0.400. The van der Waals surface area contributed by atoms with Gasteiger partial charge in [-0.15, -0.1) is 0 Å². The lowest BCUT2D eigenvalue weighted by atomic mass is 9.96. The summed E-state index contributed by atoms with van der Waals surface area (Å²) in [5.74, 6) is -0.903. The largest absolute Gasteiger partial charge is 0.369 e. The third kappa shape index (κ3) is 2.67. The number of hydrogen-bond acceptors (Lipinski definition) is 4. The van der Waals surface area contributed by atoms with Crippen LogP contribution in [0.4, 0.5) is 0 Å². The van der Waals surface area contributed by atoms with Crippen molar-refractivity contribution in [2.45, 2.75) is 19.4 Å². The molecule has 0 atom stereocenters. The zero-order valence-electron chi connectivity index (χ0n) is 11.6. The number of nitrogens with two attached hydrogens (primary N) is 1. The highest BCUT2D eigenvalue weighted by Gasteiger charge is 2.27. The second-order valence-electron chi connectivity index (χ2n) is 5.62. The number of piperidine rings is 1. The van der Waals surface area contributed by atoms with Gasteiger partial charge in [-0.05, 0) is 43.6 Å². The van der Waals surface area contributed by atoms with E-state index in [1.54, 1.807) is 12.1 Å². The zero-order chi connectivity index (χ0) is 15.0. The summed E-state index contributed by atoms with van der Waals surface area (Å²) < 4.78 is 0. The zero-order valence-corrected chi connectivity index (χ0v) is 11.6. The number of carbonyl (C=O) groups excluding carboxylic acids is 3. The Balaban J connectivity index is 1.67. The summed E-state index contributed by atoms with van der Waals surface area (Å²) in [5, 5.41) is 2.29. The Labute approximate surface area is 122 Å². The number of nitrogens with zero attached hydrogens (tertiary/aromatic N) is 1. The molecule has 1 aromatic carbocycles. The smallest absolute Gasteiger partial charge is 0.258 e. The Hall–Kier alpha value is -2.21. The first-order chi connectivity index (χ1) is 10.0. The van der Waals surface area contributed by atoms with Gasteiger partial charge in [0.25, 0.3) is 11.8 Å². The van der Waals surface area contributed by atoms with E-state index in [0.717, 1.165) is 31.5 Å². The lowest BCUT2D eigenvalue weighted by Gasteiger charge is -2.30. The Morgan fingerprint density at radius 3 is 2.52 bits per heavy atom. The van der Waals surface area contributed by atoms with E-state index in [1.807, 2.05) is 6.07 Å². The van der Waals surface area contributed by atoms with Crippen LogP contribution in [0.1, 0.15) is 39.1 Å². The molecule has 0 aliphatic carbocycles. The molecule has 2 heterocycles. The molecule has 3 amide bonds. The third-order valence-electron chi connectivity index (χ3n) is 4.20. The number of nitrogens with one attached hydrogen (secondary N) is 1. The van der Waals surface area contributed by atoms with Crippen molar-refractivity contribution >= 4 is 17.7 Å². The molecule has 21 heavy (non-hydrogen) atoms. The van der Waals surface area contributed by atoms with Crippen molar-refractivity contribution in [1.82, 2.24) is 10.2 Å². The summed E-state index contributed by atoms with van der Waals surface area (Å²) in [4.78, 5) is 36.5. The van der Waals surface area contributed by atoms with E-state index in [2.05, 4.69) is 10.2 Å². The van der Waals surface area contributed by atoms with E-state index in [1.165, 1.54) is 0 Å². The fourth-order valence-electron chi connectivity index (χ4n) is 2.95. The van der Waals surface area contributed by atoms with Crippen molar-refractivity contribution in [2.75, 3.05) is 13.1 Å². The molecule has 0 aromatic heterocycles. The Morgan fingerprint density at radius 2 is 1.86 bits per heavy atom. The van der Waals surface area contributed by atoms with E-state index in [4.69, 9.17) is 5.73 Å². The molecule has 1 aromatic rings. The first-order valence-corrected chi connectivity index (χ1v) is 7.05. The first-order valence-electron chi connectivity index (χ1n) is 7.05. The summed E-state index contributed by atoms with van der Waals surface area (Å²) in [5.41, 5.74) is 7.21. The topological polar surface area (TPSA) is 92.5 Å². The van der Waals surface area contributed by atoms with Gasteiger partial charge in [0.05, 0.1) is 11.1 Å². The Kier molecular flexibility index (Phi) is 3.47. The molecule has 6 heteroatoms. The van der Waals surface area contributed by atoms with Crippen LogP contribution in [0.15, 0.2) is 18.2 Å². The SMILES string of the molecule is NC(=O)C1CCN(Cc2ccc3c(c2)C(=O)NC3=O)CC1. The third-order valence-corrected chi connectivity index (χ3v) is 4.20. The van der Waals surface area contributed by atoms with Crippen molar-refractivity contribution in [3.63, 3.8) is 0 Å². The highest BCUT2D eigenvalue weighted by Crippen LogP contribution is 2.21. The highest BCUT2D eigenvalue weighted by atomic mass is 16.2. The molecule has 3 rings (SSSR count). The van der Waals surface area contributed by atoms with E-state index >= 15 is 0 Å². The maximum atomic E-state index is 11.6. The van der Waals surface area contributed by atoms with Crippen LogP contribution in [0.3, 0.4) is 0 Å². The van der Waals surface area contributed by atoms with Gasteiger partial charge in [0.2, 0.25) is 5.91 Å². The van der Waals surface area contributed by atoms with E-state index in [9.17, 15) is 14.4 Å². The number of carbonyl (C=O) groups is 3. The molecule has 0 unspecified atom stereocenters. The molecule has 1 fully saturated rings. The number of fused-ring (bicyclic) bond motifs is 1. The maximum absolute atomic E-state index is 11.6. The molecule has 0 bridgehead atoms. The van der Waals surface area contributed by atoms with E-state index < -0.39 is 0 Å². The predicted octanol–water partition coefficient (Wildman–Crippen LogP) is 0.267. The maximum Gasteiger partial charge on any atom is 0.258 e. The molecule has 0 spiro atoms. The minimum Gasteiger partial charge on any atom is -0.369 e. The Morgan fingerprint density at radius 1 is 1.19 bits per heavy atom. The van der Waals surface area contributed by atoms with Crippen molar-refractivity contribution in [2.24, 2.45) is 11.7 Å². The van der Waals surface area contributed by atoms with Crippen LogP contribution in [0, 0.1) is 5.92 Å². The molecular weight excluding hydrogens is 270 g/mol. The molecule has 3 N–H and O–H groups in total. The van der Waals surface area contributed by atoms with Crippen LogP contribution in [0.2, 0.25) is 0 Å². The van der Waals surface area contributed by atoms with Gasteiger partial charge in [0, 0.05) is 12.5 Å². The van der Waals surface area contributed by atoms with Crippen LogP contribution < -0.4 is 11.1 Å². The van der Waals surface area contributed by atoms with E-state index in [0.29, 0.717) is 17.7 Å². The number of benzene rings is 1. The predicted molar refractivity (Wildman–Crippen MR) is 75.4 cm³/mol. The molecule has 0 radical (unpaired) electrons. The lowest BCUT2D eigenvalue weighted by Crippen LogP contribution is -2.38. The van der Waals surface area contributed by atoms with Crippen LogP contribution in [-0.2, 0) is 11.3 Å². The van der Waals surface area contributed by atoms with Crippen LogP contribution in [0.5, 0.6) is 0 Å². The minimum atomic E-state index is -0.330. The Bertz CT molecular complexity index is 619. The van der Waals surface area contributed by atoms with Crippen LogP contribution in [-0.4, -0.2) is 35.7 Å². The fourth-order valence-corrected chi connectivity index (χ4v) is 2.95. The summed E-state index contributed by atoms with van der Waals surface area (Å²) in [6, 6.07) is 5.34. The summed E-state index contributed by atoms with van der Waals surface area (Å²) in [7, 11) is 0. The first kappa shape index (κ1) is 13.8. The van der Waals surface area contributed by atoms with Crippen LogP contribution in [0.25, 0.3) is 0 Å². The average molecular weight is 287 g/mol. The quantitative estimate of drug-likeness (QED) is 0.780. The lowest BCUT2D eigenvalue weighted by molar-refractivity contribution is -0.123. The van der Waals surface area contributed by atoms with Crippen LogP contribution >= 0.6 is 0 Å². The summed E-state index contributed by atoms with van der Waals surface area (Å²) in [6.07, 6.45) is 1.55. The molecule has 2 aliphatic rings.